The first kappa shape index (κ1) is 13.1. The van der Waals surface area contributed by atoms with Gasteiger partial charge in [0.2, 0.25) is 0 Å². The Balaban J connectivity index is 2.32. The Morgan fingerprint density at radius 1 is 1.06 bits per heavy atom. The molecule has 2 aromatic rings. The molecule has 0 saturated carbocycles. The first-order chi connectivity index (χ1) is 8.74. The van der Waals surface area contributed by atoms with Crippen LogP contribution in [0.3, 0.4) is 0 Å². The summed E-state index contributed by atoms with van der Waals surface area (Å²) in [5.74, 6) is -0.206. The highest BCUT2D eigenvalue weighted by Gasteiger charge is 2.07. The Labute approximate surface area is 115 Å². The SMILES string of the molecule is CCN(c1ccc(CBr)cc1)c1cccc(F)c1. The summed E-state index contributed by atoms with van der Waals surface area (Å²) in [6.45, 7) is 2.86. The van der Waals surface area contributed by atoms with Gasteiger partial charge >= 0.3 is 0 Å². The number of hydrogen-bond acceptors (Lipinski definition) is 1. The van der Waals surface area contributed by atoms with Gasteiger partial charge < -0.3 is 4.90 Å². The Morgan fingerprint density at radius 3 is 2.33 bits per heavy atom. The second kappa shape index (κ2) is 6.01. The lowest BCUT2D eigenvalue weighted by Gasteiger charge is -2.23. The van der Waals surface area contributed by atoms with Gasteiger partial charge in [-0.1, -0.05) is 34.1 Å². The Kier molecular flexibility index (Phi) is 4.37. The molecule has 0 fully saturated rings. The largest absolute Gasteiger partial charge is 0.342 e. The molecule has 1 nitrogen and oxygen atoms in total. The maximum Gasteiger partial charge on any atom is 0.125 e. The minimum absolute atomic E-state index is 0.206. The van der Waals surface area contributed by atoms with Crippen LogP contribution in [0.5, 0.6) is 0 Å². The molecule has 18 heavy (non-hydrogen) atoms. The minimum Gasteiger partial charge on any atom is -0.342 e. The van der Waals surface area contributed by atoms with Crippen LogP contribution < -0.4 is 4.90 Å². The van der Waals surface area contributed by atoms with Crippen molar-refractivity contribution in [1.29, 1.82) is 0 Å². The highest BCUT2D eigenvalue weighted by molar-refractivity contribution is 9.08. The van der Waals surface area contributed by atoms with Crippen molar-refractivity contribution in [2.24, 2.45) is 0 Å². The van der Waals surface area contributed by atoms with E-state index in [9.17, 15) is 4.39 Å². The van der Waals surface area contributed by atoms with Crippen LogP contribution in [0, 0.1) is 5.82 Å². The van der Waals surface area contributed by atoms with Crippen LogP contribution >= 0.6 is 15.9 Å². The molecular weight excluding hydrogens is 293 g/mol. The molecule has 3 heteroatoms. The second-order valence-corrected chi connectivity index (χ2v) is 4.58. The van der Waals surface area contributed by atoms with Gasteiger partial charge in [-0.2, -0.15) is 0 Å². The van der Waals surface area contributed by atoms with E-state index in [1.807, 2.05) is 6.07 Å². The van der Waals surface area contributed by atoms with E-state index in [4.69, 9.17) is 0 Å². The number of hydrogen-bond donors (Lipinski definition) is 0. The summed E-state index contributed by atoms with van der Waals surface area (Å²) < 4.78 is 13.3. The Bertz CT molecular complexity index is 510. The molecule has 94 valence electrons. The van der Waals surface area contributed by atoms with Gasteiger partial charge in [-0.05, 0) is 42.8 Å². The van der Waals surface area contributed by atoms with E-state index in [0.717, 1.165) is 23.2 Å². The second-order valence-electron chi connectivity index (χ2n) is 4.02. The standard InChI is InChI=1S/C15H15BrFN/c1-2-18(15-5-3-4-13(17)10-15)14-8-6-12(11-16)7-9-14/h3-10H,2,11H2,1H3. The van der Waals surface area contributed by atoms with Gasteiger partial charge in [-0.15, -0.1) is 0 Å². The molecule has 0 saturated heterocycles. The number of anilines is 2. The summed E-state index contributed by atoms with van der Waals surface area (Å²) in [6.07, 6.45) is 0. The molecule has 2 rings (SSSR count). The quantitative estimate of drug-likeness (QED) is 0.728. The van der Waals surface area contributed by atoms with Gasteiger partial charge in [0.1, 0.15) is 5.82 Å². The number of nitrogens with zero attached hydrogens (tertiary/aromatic N) is 1. The van der Waals surface area contributed by atoms with Gasteiger partial charge in [-0.3, -0.25) is 0 Å². The van der Waals surface area contributed by atoms with Crippen molar-refractivity contribution in [3.63, 3.8) is 0 Å². The maximum absolute atomic E-state index is 13.3. The molecule has 0 amide bonds. The van der Waals surface area contributed by atoms with Crippen molar-refractivity contribution in [1.82, 2.24) is 0 Å². The molecule has 0 aliphatic heterocycles. The van der Waals surface area contributed by atoms with Crippen LogP contribution in [-0.2, 0) is 5.33 Å². The molecule has 0 spiro atoms. The van der Waals surface area contributed by atoms with Crippen molar-refractivity contribution in [2.45, 2.75) is 12.3 Å². The highest BCUT2D eigenvalue weighted by atomic mass is 79.9. The van der Waals surface area contributed by atoms with Gasteiger partial charge in [0.05, 0.1) is 0 Å². The number of benzene rings is 2. The van der Waals surface area contributed by atoms with E-state index in [1.54, 1.807) is 12.1 Å². The van der Waals surface area contributed by atoms with Gasteiger partial charge in [0.15, 0.2) is 0 Å². The summed E-state index contributed by atoms with van der Waals surface area (Å²) in [5, 5.41) is 0.847. The first-order valence-corrected chi connectivity index (χ1v) is 7.04. The molecule has 0 unspecified atom stereocenters. The van der Waals surface area contributed by atoms with Crippen molar-refractivity contribution in [3.05, 3.63) is 59.9 Å². The molecule has 0 aliphatic carbocycles. The Morgan fingerprint density at radius 2 is 1.78 bits per heavy atom. The normalized spacial score (nSPS) is 10.4. The lowest BCUT2D eigenvalue weighted by Crippen LogP contribution is -2.15. The molecule has 0 atom stereocenters. The van der Waals surface area contributed by atoms with E-state index in [0.29, 0.717) is 0 Å². The summed E-state index contributed by atoms with van der Waals surface area (Å²) in [7, 11) is 0. The minimum atomic E-state index is -0.206. The fraction of sp³-hybridized carbons (Fsp3) is 0.200. The predicted molar refractivity (Wildman–Crippen MR) is 78.2 cm³/mol. The van der Waals surface area contributed by atoms with Crippen molar-refractivity contribution in [3.8, 4) is 0 Å². The van der Waals surface area contributed by atoms with Crippen molar-refractivity contribution in [2.75, 3.05) is 11.4 Å². The molecular formula is C15H15BrFN. The lowest BCUT2D eigenvalue weighted by molar-refractivity contribution is 0.627. The van der Waals surface area contributed by atoms with E-state index < -0.39 is 0 Å². The average Bonchev–Trinajstić information content (AvgIpc) is 2.40. The average molecular weight is 308 g/mol. The highest BCUT2D eigenvalue weighted by Crippen LogP contribution is 2.26. The van der Waals surface area contributed by atoms with Crippen LogP contribution in [0.2, 0.25) is 0 Å². The smallest absolute Gasteiger partial charge is 0.125 e. The van der Waals surface area contributed by atoms with Crippen LogP contribution in [0.4, 0.5) is 15.8 Å². The van der Waals surface area contributed by atoms with E-state index in [-0.39, 0.29) is 5.82 Å². The lowest BCUT2D eigenvalue weighted by atomic mass is 10.2. The Hall–Kier alpha value is -1.35. The third-order valence-electron chi connectivity index (χ3n) is 2.84. The third-order valence-corrected chi connectivity index (χ3v) is 3.49. The third kappa shape index (κ3) is 2.91. The summed E-state index contributed by atoms with van der Waals surface area (Å²) in [5.41, 5.74) is 3.19. The van der Waals surface area contributed by atoms with Crippen molar-refractivity contribution < 1.29 is 4.39 Å². The summed E-state index contributed by atoms with van der Waals surface area (Å²) >= 11 is 3.43. The van der Waals surface area contributed by atoms with E-state index >= 15 is 0 Å². The zero-order chi connectivity index (χ0) is 13.0. The fourth-order valence-corrected chi connectivity index (χ4v) is 2.30. The predicted octanol–water partition coefficient (Wildman–Crippen LogP) is 4.88. The monoisotopic (exact) mass is 307 g/mol. The van der Waals surface area contributed by atoms with Gasteiger partial charge in [0, 0.05) is 23.2 Å². The van der Waals surface area contributed by atoms with Gasteiger partial charge in [0.25, 0.3) is 0 Å². The number of halogens is 2. The number of alkyl halides is 1. The molecule has 0 bridgehead atoms. The molecule has 0 aromatic heterocycles. The molecule has 0 heterocycles. The summed E-state index contributed by atoms with van der Waals surface area (Å²) in [4.78, 5) is 2.08. The van der Waals surface area contributed by atoms with Crippen LogP contribution in [0.1, 0.15) is 12.5 Å². The van der Waals surface area contributed by atoms with E-state index in [2.05, 4.69) is 52.0 Å². The molecule has 2 aromatic carbocycles. The fourth-order valence-electron chi connectivity index (χ4n) is 1.92. The van der Waals surface area contributed by atoms with Crippen molar-refractivity contribution >= 4 is 27.3 Å². The molecule has 0 aliphatic rings. The topological polar surface area (TPSA) is 3.24 Å². The van der Waals surface area contributed by atoms with Crippen LogP contribution in [0.25, 0.3) is 0 Å². The zero-order valence-electron chi connectivity index (χ0n) is 10.2. The van der Waals surface area contributed by atoms with Crippen LogP contribution in [-0.4, -0.2) is 6.54 Å². The van der Waals surface area contributed by atoms with Crippen LogP contribution in [0.15, 0.2) is 48.5 Å². The first-order valence-electron chi connectivity index (χ1n) is 5.92. The van der Waals surface area contributed by atoms with E-state index in [1.165, 1.54) is 11.6 Å². The molecule has 0 N–H and O–H groups in total. The molecule has 0 radical (unpaired) electrons. The zero-order valence-corrected chi connectivity index (χ0v) is 11.8. The number of rotatable bonds is 4. The summed E-state index contributed by atoms with van der Waals surface area (Å²) in [6, 6.07) is 15.0. The maximum atomic E-state index is 13.3. The van der Waals surface area contributed by atoms with Gasteiger partial charge in [-0.25, -0.2) is 4.39 Å².